The predicted octanol–water partition coefficient (Wildman–Crippen LogP) is 18.3. The van der Waals surface area contributed by atoms with Gasteiger partial charge in [-0.05, 0) is 136 Å². The molecule has 9 rings (SSSR count). The normalized spacial score (nSPS) is 16.4. The van der Waals surface area contributed by atoms with Gasteiger partial charge in [-0.2, -0.15) is 0 Å². The molecular weight excluding hydrogens is 783 g/mol. The summed E-state index contributed by atoms with van der Waals surface area (Å²) in [5.74, 6) is 0. The quantitative estimate of drug-likeness (QED) is 0.171. The average Bonchev–Trinajstić information content (AvgIpc) is 3.68. The molecule has 0 N–H and O–H groups in total. The van der Waals surface area contributed by atoms with Crippen LogP contribution in [-0.2, 0) is 37.9 Å². The summed E-state index contributed by atoms with van der Waals surface area (Å²) < 4.78 is 0. The largest absolute Gasteiger partial charge is 0.309 e. The van der Waals surface area contributed by atoms with Crippen LogP contribution < -0.4 is 4.90 Å². The second kappa shape index (κ2) is 13.9. The summed E-state index contributed by atoms with van der Waals surface area (Å²) in [4.78, 5) is 2.71. The molecule has 0 aliphatic heterocycles. The van der Waals surface area contributed by atoms with Crippen molar-refractivity contribution in [3.05, 3.63) is 165 Å². The van der Waals surface area contributed by atoms with Crippen molar-refractivity contribution in [2.45, 2.75) is 169 Å². The molecule has 3 aliphatic rings. The van der Waals surface area contributed by atoms with Gasteiger partial charge >= 0.3 is 0 Å². The summed E-state index contributed by atoms with van der Waals surface area (Å²) in [6.07, 6.45) is 0. The summed E-state index contributed by atoms with van der Waals surface area (Å²) in [7, 11) is 0. The highest BCUT2D eigenvalue weighted by Crippen LogP contribution is 2.61. The van der Waals surface area contributed by atoms with Gasteiger partial charge < -0.3 is 4.90 Å². The summed E-state index contributed by atoms with van der Waals surface area (Å²) in [5, 5.41) is 0. The zero-order chi connectivity index (χ0) is 47.5. The molecule has 0 atom stereocenters. The standard InChI is InChI=1S/C64H75N/c1-37(2)38-21-25-44-45-28-24-43(36-51(45)62(15,16)48(44)29-38)65(54-34-41(60(9,10)11)32-52-56(54)46-26-22-39(58(3,4)5)30-49(46)63(52,17)18)55-35-42(61(12,13)14)33-53-57(55)47-27-23-40(59(6,7)8)31-50(47)64(53,19)20/h21-36H,1H2,2-20H3. The number of rotatable bonds is 4. The second-order valence-corrected chi connectivity index (χ2v) is 25.8. The number of anilines is 3. The fourth-order valence-corrected chi connectivity index (χ4v) is 11.3. The topological polar surface area (TPSA) is 3.24 Å². The molecule has 0 spiro atoms. The average molecular weight is 858 g/mol. The maximum Gasteiger partial charge on any atom is 0.0546 e. The van der Waals surface area contributed by atoms with Crippen LogP contribution in [0.1, 0.15) is 193 Å². The van der Waals surface area contributed by atoms with Gasteiger partial charge in [-0.3, -0.25) is 0 Å². The van der Waals surface area contributed by atoms with Crippen molar-refractivity contribution < 1.29 is 0 Å². The van der Waals surface area contributed by atoms with E-state index < -0.39 is 0 Å². The Morgan fingerprint density at radius 1 is 0.385 bits per heavy atom. The van der Waals surface area contributed by atoms with Gasteiger partial charge in [0.25, 0.3) is 0 Å². The number of fused-ring (bicyclic) bond motifs is 9. The van der Waals surface area contributed by atoms with Crippen LogP contribution in [0.25, 0.3) is 39.0 Å². The lowest BCUT2D eigenvalue weighted by Crippen LogP contribution is -2.22. The molecule has 0 bridgehead atoms. The van der Waals surface area contributed by atoms with E-state index in [2.05, 4.69) is 240 Å². The van der Waals surface area contributed by atoms with Crippen molar-refractivity contribution in [1.29, 1.82) is 0 Å². The Hall–Kier alpha value is -5.14. The zero-order valence-electron chi connectivity index (χ0n) is 43.4. The number of hydrogen-bond acceptors (Lipinski definition) is 1. The van der Waals surface area contributed by atoms with Gasteiger partial charge in [0, 0.05) is 33.1 Å². The van der Waals surface area contributed by atoms with Crippen molar-refractivity contribution in [2.24, 2.45) is 0 Å². The Balaban J connectivity index is 1.44. The molecule has 6 aromatic carbocycles. The molecule has 0 saturated heterocycles. The van der Waals surface area contributed by atoms with Crippen LogP contribution in [0.4, 0.5) is 17.1 Å². The Morgan fingerprint density at radius 2 is 0.723 bits per heavy atom. The summed E-state index contributed by atoms with van der Waals surface area (Å²) in [6, 6.07) is 39.4. The van der Waals surface area contributed by atoms with E-state index in [0.29, 0.717) is 0 Å². The number of allylic oxidation sites excluding steroid dienone is 1. The molecule has 0 saturated carbocycles. The highest BCUT2D eigenvalue weighted by Gasteiger charge is 2.44. The molecule has 3 aliphatic carbocycles. The van der Waals surface area contributed by atoms with Crippen LogP contribution in [0.5, 0.6) is 0 Å². The lowest BCUT2D eigenvalue weighted by atomic mass is 9.77. The third kappa shape index (κ3) is 6.83. The van der Waals surface area contributed by atoms with E-state index in [9.17, 15) is 0 Å². The highest BCUT2D eigenvalue weighted by atomic mass is 15.2. The van der Waals surface area contributed by atoms with E-state index in [4.69, 9.17) is 0 Å². The molecule has 0 heterocycles. The maximum absolute atomic E-state index is 4.34. The lowest BCUT2D eigenvalue weighted by Gasteiger charge is -2.35. The van der Waals surface area contributed by atoms with Gasteiger partial charge in [-0.25, -0.2) is 0 Å². The molecule has 6 aromatic rings. The molecule has 336 valence electrons. The Kier molecular flexibility index (Phi) is 9.66. The first-order valence-electron chi connectivity index (χ1n) is 24.3. The minimum Gasteiger partial charge on any atom is -0.309 e. The van der Waals surface area contributed by atoms with E-state index in [1.807, 2.05) is 0 Å². The van der Waals surface area contributed by atoms with Crippen LogP contribution >= 0.6 is 0 Å². The molecular formula is C64H75N. The molecule has 0 aromatic heterocycles. The highest BCUT2D eigenvalue weighted by molar-refractivity contribution is 6.01. The fourth-order valence-electron chi connectivity index (χ4n) is 11.3. The smallest absolute Gasteiger partial charge is 0.0546 e. The van der Waals surface area contributed by atoms with E-state index in [-0.39, 0.29) is 37.9 Å². The van der Waals surface area contributed by atoms with Gasteiger partial charge in [0.05, 0.1) is 11.4 Å². The van der Waals surface area contributed by atoms with E-state index >= 15 is 0 Å². The summed E-state index contributed by atoms with van der Waals surface area (Å²) >= 11 is 0. The van der Waals surface area contributed by atoms with Gasteiger partial charge in [0.15, 0.2) is 0 Å². The number of nitrogens with zero attached hydrogens (tertiary/aromatic N) is 1. The van der Waals surface area contributed by atoms with Gasteiger partial charge in [0.1, 0.15) is 0 Å². The predicted molar refractivity (Wildman–Crippen MR) is 283 cm³/mol. The zero-order valence-corrected chi connectivity index (χ0v) is 43.4. The summed E-state index contributed by atoms with van der Waals surface area (Å²) in [5.41, 5.74) is 27.2. The Morgan fingerprint density at radius 3 is 1.12 bits per heavy atom. The third-order valence-electron chi connectivity index (χ3n) is 15.9. The van der Waals surface area contributed by atoms with Gasteiger partial charge in [-0.15, -0.1) is 0 Å². The maximum atomic E-state index is 4.34. The first-order valence-corrected chi connectivity index (χ1v) is 24.3. The Labute approximate surface area is 393 Å². The van der Waals surface area contributed by atoms with Gasteiger partial charge in [-0.1, -0.05) is 210 Å². The first kappa shape index (κ1) is 45.0. The number of hydrogen-bond donors (Lipinski definition) is 0. The van der Waals surface area contributed by atoms with Crippen molar-refractivity contribution in [1.82, 2.24) is 0 Å². The monoisotopic (exact) mass is 858 g/mol. The molecule has 0 amide bonds. The van der Waals surface area contributed by atoms with E-state index in [0.717, 1.165) is 5.57 Å². The van der Waals surface area contributed by atoms with Crippen LogP contribution in [0.15, 0.2) is 104 Å². The molecule has 1 nitrogen and oxygen atoms in total. The van der Waals surface area contributed by atoms with Crippen molar-refractivity contribution in [3.63, 3.8) is 0 Å². The third-order valence-corrected chi connectivity index (χ3v) is 15.9. The van der Waals surface area contributed by atoms with Crippen LogP contribution in [0, 0.1) is 0 Å². The minimum atomic E-state index is -0.210. The minimum absolute atomic E-state index is 0.0340. The van der Waals surface area contributed by atoms with Crippen LogP contribution in [-0.4, -0.2) is 0 Å². The van der Waals surface area contributed by atoms with Crippen molar-refractivity contribution in [3.8, 4) is 33.4 Å². The van der Waals surface area contributed by atoms with E-state index in [1.54, 1.807) is 0 Å². The number of benzene rings is 6. The SMILES string of the molecule is C=C(C)c1ccc2c(c1)C(C)(C)c1cc(N(c3cc(C(C)(C)C)cc4c3-c3ccc(C(C)(C)C)cc3C4(C)C)c3cc(C(C)(C)C)cc4c3-c3ccc(C(C)(C)C)cc3C4(C)C)ccc1-2. The first-order chi connectivity index (χ1) is 29.8. The van der Waals surface area contributed by atoms with Crippen molar-refractivity contribution in [2.75, 3.05) is 4.90 Å². The Bertz CT molecular complexity index is 2860. The molecule has 1 heteroatoms. The molecule has 0 radical (unpaired) electrons. The summed E-state index contributed by atoms with van der Waals surface area (Å²) in [6.45, 7) is 49.5. The van der Waals surface area contributed by atoms with E-state index in [1.165, 1.54) is 112 Å². The molecule has 0 unspecified atom stereocenters. The fraction of sp³-hybridized carbons (Fsp3) is 0.406. The van der Waals surface area contributed by atoms with Crippen LogP contribution in [0.2, 0.25) is 0 Å². The van der Waals surface area contributed by atoms with Crippen LogP contribution in [0.3, 0.4) is 0 Å². The second-order valence-electron chi connectivity index (χ2n) is 25.8. The molecule has 65 heavy (non-hydrogen) atoms. The van der Waals surface area contributed by atoms with Gasteiger partial charge in [0.2, 0.25) is 0 Å². The molecule has 0 fully saturated rings. The lowest BCUT2D eigenvalue weighted by molar-refractivity contribution is 0.580. The van der Waals surface area contributed by atoms with Crippen molar-refractivity contribution >= 4 is 22.6 Å².